The Hall–Kier alpha value is -2.84. The van der Waals surface area contributed by atoms with Gasteiger partial charge in [0.05, 0.1) is 18.7 Å². The second kappa shape index (κ2) is 10.6. The van der Waals surface area contributed by atoms with E-state index in [9.17, 15) is 9.18 Å². The van der Waals surface area contributed by atoms with Crippen LogP contribution in [0.3, 0.4) is 0 Å². The van der Waals surface area contributed by atoms with Crippen LogP contribution < -0.4 is 10.9 Å². The van der Waals surface area contributed by atoms with E-state index in [1.54, 1.807) is 18.3 Å². The first-order chi connectivity index (χ1) is 16.7. The summed E-state index contributed by atoms with van der Waals surface area (Å²) in [6, 6.07) is 8.31. The summed E-state index contributed by atoms with van der Waals surface area (Å²) in [7, 11) is 0. The van der Waals surface area contributed by atoms with E-state index < -0.39 is 0 Å². The molecule has 2 aliphatic rings. The van der Waals surface area contributed by atoms with Gasteiger partial charge in [-0.1, -0.05) is 31.4 Å². The summed E-state index contributed by atoms with van der Waals surface area (Å²) in [6.45, 7) is 5.47. The molecule has 0 atom stereocenters. The quantitative estimate of drug-likeness (QED) is 0.570. The van der Waals surface area contributed by atoms with Crippen LogP contribution in [0.15, 0.2) is 41.3 Å². The first-order valence-electron chi connectivity index (χ1n) is 12.4. The van der Waals surface area contributed by atoms with Gasteiger partial charge in [0.15, 0.2) is 11.5 Å². The molecule has 1 N–H and O–H groups in total. The van der Waals surface area contributed by atoms with Gasteiger partial charge in [-0.15, -0.1) is 0 Å². The maximum absolute atomic E-state index is 13.6. The van der Waals surface area contributed by atoms with E-state index in [2.05, 4.69) is 20.2 Å². The lowest BCUT2D eigenvalue weighted by atomic mass is 9.89. The molecule has 1 aliphatic heterocycles. The van der Waals surface area contributed by atoms with Crippen LogP contribution in [0.1, 0.15) is 32.1 Å². The number of nitrogens with zero attached hydrogens (tertiary/aromatic N) is 4. The number of nitrogens with one attached hydrogen (secondary N) is 1. The SMILES string of the molecule is O=c1c(NCCN2CCOCC2)nc2ncc(-c3ccc(F)cc3)cc2n1CC1CCCCC1. The fourth-order valence-electron chi connectivity index (χ4n) is 5.00. The molecule has 34 heavy (non-hydrogen) atoms. The van der Waals surface area contributed by atoms with Crippen molar-refractivity contribution in [3.05, 3.63) is 52.7 Å². The van der Waals surface area contributed by atoms with E-state index in [1.807, 2.05) is 10.6 Å². The Kier molecular flexibility index (Phi) is 7.16. The molecule has 0 amide bonds. The molecule has 0 bridgehead atoms. The van der Waals surface area contributed by atoms with Gasteiger partial charge < -0.3 is 14.6 Å². The van der Waals surface area contributed by atoms with Crippen molar-refractivity contribution in [3.63, 3.8) is 0 Å². The number of pyridine rings is 1. The summed E-state index contributed by atoms with van der Waals surface area (Å²) in [5.41, 5.74) is 2.89. The number of hydrogen-bond acceptors (Lipinski definition) is 6. The van der Waals surface area contributed by atoms with Crippen molar-refractivity contribution in [3.8, 4) is 11.1 Å². The first-order valence-corrected chi connectivity index (χ1v) is 12.4. The van der Waals surface area contributed by atoms with Crippen LogP contribution in [0, 0.1) is 11.7 Å². The van der Waals surface area contributed by atoms with Gasteiger partial charge in [-0.05, 0) is 42.5 Å². The Labute approximate surface area is 199 Å². The Balaban J connectivity index is 1.46. The van der Waals surface area contributed by atoms with Crippen LogP contribution in [0.2, 0.25) is 0 Å². The fraction of sp³-hybridized carbons (Fsp3) is 0.500. The summed E-state index contributed by atoms with van der Waals surface area (Å²) < 4.78 is 20.7. The number of benzene rings is 1. The predicted molar refractivity (Wildman–Crippen MR) is 132 cm³/mol. The van der Waals surface area contributed by atoms with Crippen LogP contribution in [0.4, 0.5) is 10.2 Å². The van der Waals surface area contributed by atoms with Crippen LogP contribution in [0.5, 0.6) is 0 Å². The number of fused-ring (bicyclic) bond motifs is 1. The third-order valence-corrected chi connectivity index (χ3v) is 6.97. The van der Waals surface area contributed by atoms with Crippen molar-refractivity contribution in [1.82, 2.24) is 19.4 Å². The summed E-state index contributed by atoms with van der Waals surface area (Å²) in [6.07, 6.45) is 7.73. The van der Waals surface area contributed by atoms with Gasteiger partial charge in [0.1, 0.15) is 5.82 Å². The van der Waals surface area contributed by atoms with E-state index in [0.29, 0.717) is 30.5 Å². The van der Waals surface area contributed by atoms with Crippen molar-refractivity contribution in [2.75, 3.05) is 44.7 Å². The highest BCUT2D eigenvalue weighted by molar-refractivity contribution is 5.79. The molecule has 2 fully saturated rings. The van der Waals surface area contributed by atoms with E-state index in [0.717, 1.165) is 62.3 Å². The molecule has 180 valence electrons. The van der Waals surface area contributed by atoms with Crippen molar-refractivity contribution in [2.45, 2.75) is 38.6 Å². The van der Waals surface area contributed by atoms with E-state index >= 15 is 0 Å². The molecule has 1 saturated carbocycles. The average Bonchev–Trinajstić information content (AvgIpc) is 2.88. The Morgan fingerprint density at radius 1 is 1.06 bits per heavy atom. The molecule has 1 aromatic carbocycles. The minimum absolute atomic E-state index is 0.0990. The zero-order valence-corrected chi connectivity index (χ0v) is 19.5. The maximum Gasteiger partial charge on any atom is 0.293 e. The third-order valence-electron chi connectivity index (χ3n) is 6.97. The summed E-state index contributed by atoms with van der Waals surface area (Å²) in [5, 5.41) is 3.27. The first kappa shape index (κ1) is 22.9. The van der Waals surface area contributed by atoms with Gasteiger partial charge in [-0.25, -0.2) is 14.4 Å². The second-order valence-electron chi connectivity index (χ2n) is 9.33. The molecule has 1 saturated heterocycles. The Bertz CT molecular complexity index is 1170. The maximum atomic E-state index is 13.6. The largest absolute Gasteiger partial charge is 0.379 e. The topological polar surface area (TPSA) is 72.3 Å². The number of morpholine rings is 1. The molecule has 2 aromatic heterocycles. The van der Waals surface area contributed by atoms with Crippen molar-refractivity contribution in [1.29, 1.82) is 0 Å². The molecule has 3 heterocycles. The molecule has 5 rings (SSSR count). The van der Waals surface area contributed by atoms with Gasteiger partial charge in [-0.3, -0.25) is 9.69 Å². The van der Waals surface area contributed by atoms with Gasteiger partial charge in [0.25, 0.3) is 5.56 Å². The van der Waals surface area contributed by atoms with E-state index in [-0.39, 0.29) is 11.4 Å². The monoisotopic (exact) mass is 465 g/mol. The van der Waals surface area contributed by atoms with Crippen LogP contribution in [0.25, 0.3) is 22.3 Å². The second-order valence-corrected chi connectivity index (χ2v) is 9.33. The fourth-order valence-corrected chi connectivity index (χ4v) is 5.00. The Morgan fingerprint density at radius 2 is 1.82 bits per heavy atom. The number of halogens is 1. The van der Waals surface area contributed by atoms with Crippen molar-refractivity contribution >= 4 is 17.0 Å². The normalized spacial score (nSPS) is 17.8. The number of hydrogen-bond donors (Lipinski definition) is 1. The summed E-state index contributed by atoms with van der Waals surface area (Å²) >= 11 is 0. The summed E-state index contributed by atoms with van der Waals surface area (Å²) in [4.78, 5) is 25.1. The van der Waals surface area contributed by atoms with E-state index in [1.165, 1.54) is 31.4 Å². The molecule has 0 unspecified atom stereocenters. The van der Waals surface area contributed by atoms with Gasteiger partial charge in [0, 0.05) is 44.5 Å². The molecule has 8 heteroatoms. The zero-order valence-electron chi connectivity index (χ0n) is 19.5. The minimum Gasteiger partial charge on any atom is -0.379 e. The van der Waals surface area contributed by atoms with Crippen LogP contribution >= 0.6 is 0 Å². The lowest BCUT2D eigenvalue weighted by Crippen LogP contribution is -2.39. The van der Waals surface area contributed by atoms with Crippen LogP contribution in [-0.2, 0) is 11.3 Å². The van der Waals surface area contributed by atoms with Gasteiger partial charge in [-0.2, -0.15) is 0 Å². The number of rotatable bonds is 7. The minimum atomic E-state index is -0.277. The highest BCUT2D eigenvalue weighted by Gasteiger charge is 2.19. The summed E-state index contributed by atoms with van der Waals surface area (Å²) in [5.74, 6) is 0.562. The lowest BCUT2D eigenvalue weighted by Gasteiger charge is -2.26. The van der Waals surface area contributed by atoms with Crippen molar-refractivity contribution in [2.24, 2.45) is 5.92 Å². The third kappa shape index (κ3) is 5.28. The molecule has 0 radical (unpaired) electrons. The smallest absolute Gasteiger partial charge is 0.293 e. The Morgan fingerprint density at radius 3 is 2.59 bits per heavy atom. The highest BCUT2D eigenvalue weighted by Crippen LogP contribution is 2.27. The van der Waals surface area contributed by atoms with Crippen molar-refractivity contribution < 1.29 is 9.13 Å². The average molecular weight is 466 g/mol. The molecular weight excluding hydrogens is 433 g/mol. The molecule has 1 aliphatic carbocycles. The lowest BCUT2D eigenvalue weighted by molar-refractivity contribution is 0.0398. The number of ether oxygens (including phenoxy) is 1. The molecule has 0 spiro atoms. The number of anilines is 1. The predicted octanol–water partition coefficient (Wildman–Crippen LogP) is 3.92. The molecule has 3 aromatic rings. The standard InChI is InChI=1S/C26H32FN5O2/c27-22-8-6-20(7-9-22)21-16-23-24(29-17-21)30-25(28-10-11-31-12-14-34-15-13-31)26(33)32(23)18-19-4-2-1-3-5-19/h6-9,16-17,19H,1-5,10-15,18H2,(H,28,29,30). The van der Waals surface area contributed by atoms with E-state index in [4.69, 9.17) is 4.74 Å². The zero-order chi connectivity index (χ0) is 23.3. The number of aromatic nitrogens is 3. The van der Waals surface area contributed by atoms with Gasteiger partial charge in [0.2, 0.25) is 0 Å². The van der Waals surface area contributed by atoms with Crippen LogP contribution in [-0.4, -0.2) is 58.8 Å². The molecular formula is C26H32FN5O2. The van der Waals surface area contributed by atoms with Gasteiger partial charge >= 0.3 is 0 Å². The highest BCUT2D eigenvalue weighted by atomic mass is 19.1. The molecule has 7 nitrogen and oxygen atoms in total.